The van der Waals surface area contributed by atoms with Gasteiger partial charge in [0.25, 0.3) is 0 Å². The van der Waals surface area contributed by atoms with Crippen molar-refractivity contribution < 1.29 is 28.6 Å². The van der Waals surface area contributed by atoms with Crippen LogP contribution in [0.15, 0.2) is 72.9 Å². The Balaban J connectivity index is 4.52. The quantitative estimate of drug-likeness (QED) is 0.0264. The molecule has 0 fully saturated rings. The maximum atomic E-state index is 12.7. The van der Waals surface area contributed by atoms with Crippen LogP contribution in [-0.2, 0) is 28.6 Å². The lowest BCUT2D eigenvalue weighted by atomic mass is 10.1. The van der Waals surface area contributed by atoms with Crippen LogP contribution < -0.4 is 0 Å². The molecule has 0 heterocycles. The van der Waals surface area contributed by atoms with Crippen LogP contribution in [0.4, 0.5) is 0 Å². The Labute approximate surface area is 357 Å². The molecule has 0 aromatic rings. The van der Waals surface area contributed by atoms with E-state index in [1.807, 2.05) is 6.08 Å². The molecule has 0 aliphatic heterocycles. The minimum atomic E-state index is -0.815. The zero-order chi connectivity index (χ0) is 42.3. The SMILES string of the molecule is CC/C=C\C/C=C\C/C=C\C/C=C\C/C=C\CC(=O)OCC(COC(=O)CCCCCCCCCCCCC)OC(=O)CCCCCCC/C=C\CCCCCCC. The van der Waals surface area contributed by atoms with Crippen LogP contribution in [0.3, 0.4) is 0 Å². The van der Waals surface area contributed by atoms with Crippen LogP contribution >= 0.6 is 0 Å². The summed E-state index contributed by atoms with van der Waals surface area (Å²) < 4.78 is 16.6. The molecule has 6 nitrogen and oxygen atoms in total. The van der Waals surface area contributed by atoms with Gasteiger partial charge in [-0.15, -0.1) is 0 Å². The van der Waals surface area contributed by atoms with Crippen molar-refractivity contribution in [2.45, 2.75) is 226 Å². The molecule has 0 aliphatic rings. The number of esters is 3. The topological polar surface area (TPSA) is 78.9 Å². The maximum absolute atomic E-state index is 12.7. The number of ether oxygens (including phenoxy) is 3. The van der Waals surface area contributed by atoms with Crippen molar-refractivity contribution in [3.63, 3.8) is 0 Å². The molecule has 0 N–H and O–H groups in total. The highest BCUT2D eigenvalue weighted by Crippen LogP contribution is 2.14. The fourth-order valence-electron chi connectivity index (χ4n) is 6.39. The first-order valence-electron chi connectivity index (χ1n) is 23.9. The highest BCUT2D eigenvalue weighted by molar-refractivity contribution is 5.72. The van der Waals surface area contributed by atoms with E-state index in [9.17, 15) is 14.4 Å². The normalized spacial score (nSPS) is 12.7. The molecule has 0 saturated heterocycles. The molecule has 0 aromatic carbocycles. The Morgan fingerprint density at radius 3 is 1.19 bits per heavy atom. The molecule has 0 aromatic heterocycles. The molecule has 0 aliphatic carbocycles. The zero-order valence-corrected chi connectivity index (χ0v) is 37.8. The van der Waals surface area contributed by atoms with Gasteiger partial charge in [-0.05, 0) is 70.6 Å². The zero-order valence-electron chi connectivity index (χ0n) is 37.8. The molecule has 1 atom stereocenters. The Kier molecular flexibility index (Phi) is 44.0. The third-order valence-corrected chi connectivity index (χ3v) is 9.98. The van der Waals surface area contributed by atoms with E-state index in [0.717, 1.165) is 83.5 Å². The van der Waals surface area contributed by atoms with Gasteiger partial charge in [0.2, 0.25) is 0 Å². The van der Waals surface area contributed by atoms with E-state index in [2.05, 4.69) is 81.5 Å². The Bertz CT molecular complexity index is 1110. The van der Waals surface area contributed by atoms with Gasteiger partial charge in [0.05, 0.1) is 6.42 Å². The third kappa shape index (κ3) is 44.0. The van der Waals surface area contributed by atoms with E-state index in [-0.39, 0.29) is 31.6 Å². The summed E-state index contributed by atoms with van der Waals surface area (Å²) in [7, 11) is 0. The van der Waals surface area contributed by atoms with E-state index in [0.29, 0.717) is 12.8 Å². The summed E-state index contributed by atoms with van der Waals surface area (Å²) in [5, 5.41) is 0. The van der Waals surface area contributed by atoms with Gasteiger partial charge in [-0.1, -0.05) is 203 Å². The molecular formula is C52H88O6. The van der Waals surface area contributed by atoms with Crippen molar-refractivity contribution in [2.75, 3.05) is 13.2 Å². The first-order chi connectivity index (χ1) is 28.5. The smallest absolute Gasteiger partial charge is 0.309 e. The van der Waals surface area contributed by atoms with E-state index >= 15 is 0 Å². The van der Waals surface area contributed by atoms with Crippen molar-refractivity contribution in [2.24, 2.45) is 0 Å². The van der Waals surface area contributed by atoms with Gasteiger partial charge in [0.15, 0.2) is 6.10 Å². The van der Waals surface area contributed by atoms with E-state index in [1.165, 1.54) is 96.3 Å². The molecule has 0 radical (unpaired) electrons. The molecule has 0 saturated carbocycles. The predicted octanol–water partition coefficient (Wildman–Crippen LogP) is 15.5. The van der Waals surface area contributed by atoms with Crippen LogP contribution in [0.5, 0.6) is 0 Å². The Morgan fingerprint density at radius 1 is 0.379 bits per heavy atom. The molecule has 0 bridgehead atoms. The van der Waals surface area contributed by atoms with E-state index in [4.69, 9.17) is 14.2 Å². The third-order valence-electron chi connectivity index (χ3n) is 9.98. The average Bonchev–Trinajstić information content (AvgIpc) is 3.22. The molecule has 0 spiro atoms. The standard InChI is InChI=1S/C52H88O6/c1-4-7-10-13-16-19-22-24-26-28-30-33-36-39-42-45-51(54)57-48-49(47-56-50(53)44-41-38-35-32-29-21-18-15-12-9-6-3)58-52(55)46-43-40-37-34-31-27-25-23-20-17-14-11-8-5-2/h7,10,16,19,23-26,30,33,39,42,49H,4-6,8-9,11-15,17-18,20-22,27-29,31-32,34-38,40-41,43-48H2,1-3H3/b10-7-,19-16-,25-23-,26-24-,33-30-,42-39-. The van der Waals surface area contributed by atoms with Gasteiger partial charge in [-0.25, -0.2) is 0 Å². The number of carbonyl (C=O) groups excluding carboxylic acids is 3. The Hall–Kier alpha value is -3.15. The van der Waals surface area contributed by atoms with Crippen LogP contribution in [0, 0.1) is 0 Å². The number of unbranched alkanes of at least 4 members (excludes halogenated alkanes) is 20. The van der Waals surface area contributed by atoms with Crippen LogP contribution in [0.2, 0.25) is 0 Å². The highest BCUT2D eigenvalue weighted by Gasteiger charge is 2.19. The second-order valence-electron chi connectivity index (χ2n) is 15.7. The summed E-state index contributed by atoms with van der Waals surface area (Å²) in [6.07, 6.45) is 57.6. The molecule has 0 amide bonds. The molecule has 1 unspecified atom stereocenters. The lowest BCUT2D eigenvalue weighted by molar-refractivity contribution is -0.166. The molecule has 58 heavy (non-hydrogen) atoms. The van der Waals surface area contributed by atoms with E-state index < -0.39 is 12.1 Å². The van der Waals surface area contributed by atoms with Crippen molar-refractivity contribution in [1.82, 2.24) is 0 Å². The van der Waals surface area contributed by atoms with Gasteiger partial charge >= 0.3 is 17.9 Å². The van der Waals surface area contributed by atoms with Crippen LogP contribution in [-0.4, -0.2) is 37.2 Å². The van der Waals surface area contributed by atoms with Crippen molar-refractivity contribution in [1.29, 1.82) is 0 Å². The van der Waals surface area contributed by atoms with Crippen molar-refractivity contribution in [3.8, 4) is 0 Å². The van der Waals surface area contributed by atoms with Crippen molar-refractivity contribution in [3.05, 3.63) is 72.9 Å². The average molecular weight is 809 g/mol. The number of allylic oxidation sites excluding steroid dienone is 11. The molecule has 6 heteroatoms. The molecular weight excluding hydrogens is 721 g/mol. The number of hydrogen-bond acceptors (Lipinski definition) is 6. The number of hydrogen-bond donors (Lipinski definition) is 0. The minimum absolute atomic E-state index is 0.107. The number of rotatable bonds is 42. The van der Waals surface area contributed by atoms with Crippen LogP contribution in [0.25, 0.3) is 0 Å². The van der Waals surface area contributed by atoms with Gasteiger partial charge in [-0.2, -0.15) is 0 Å². The Morgan fingerprint density at radius 2 is 0.741 bits per heavy atom. The number of carbonyl (C=O) groups is 3. The molecule has 332 valence electrons. The lowest BCUT2D eigenvalue weighted by Gasteiger charge is -2.18. The summed E-state index contributed by atoms with van der Waals surface area (Å²) in [4.78, 5) is 37.7. The predicted molar refractivity (Wildman–Crippen MR) is 247 cm³/mol. The van der Waals surface area contributed by atoms with Gasteiger partial charge < -0.3 is 14.2 Å². The summed E-state index contributed by atoms with van der Waals surface area (Å²) in [6, 6.07) is 0. The summed E-state index contributed by atoms with van der Waals surface area (Å²) >= 11 is 0. The first kappa shape index (κ1) is 54.9. The van der Waals surface area contributed by atoms with Crippen LogP contribution in [0.1, 0.15) is 220 Å². The minimum Gasteiger partial charge on any atom is -0.462 e. The van der Waals surface area contributed by atoms with Crippen molar-refractivity contribution >= 4 is 17.9 Å². The highest BCUT2D eigenvalue weighted by atomic mass is 16.6. The van der Waals surface area contributed by atoms with E-state index in [1.54, 1.807) is 6.08 Å². The second kappa shape index (κ2) is 46.5. The monoisotopic (exact) mass is 809 g/mol. The van der Waals surface area contributed by atoms with Gasteiger partial charge in [-0.3, -0.25) is 14.4 Å². The largest absolute Gasteiger partial charge is 0.462 e. The first-order valence-corrected chi connectivity index (χ1v) is 23.9. The lowest BCUT2D eigenvalue weighted by Crippen LogP contribution is -2.30. The van der Waals surface area contributed by atoms with Gasteiger partial charge in [0.1, 0.15) is 13.2 Å². The fourth-order valence-corrected chi connectivity index (χ4v) is 6.39. The molecule has 0 rings (SSSR count). The summed E-state index contributed by atoms with van der Waals surface area (Å²) in [5.74, 6) is -1.05. The fraction of sp³-hybridized carbons (Fsp3) is 0.712. The summed E-state index contributed by atoms with van der Waals surface area (Å²) in [6.45, 7) is 6.40. The summed E-state index contributed by atoms with van der Waals surface area (Å²) in [5.41, 5.74) is 0. The maximum Gasteiger partial charge on any atom is 0.309 e. The second-order valence-corrected chi connectivity index (χ2v) is 15.7. The van der Waals surface area contributed by atoms with Gasteiger partial charge in [0, 0.05) is 12.8 Å².